The van der Waals surface area contributed by atoms with Crippen molar-refractivity contribution in [3.63, 3.8) is 0 Å². The molecule has 0 unspecified atom stereocenters. The maximum atomic E-state index is 12.7. The molecule has 2 aromatic rings. The first kappa shape index (κ1) is 19.6. The minimum atomic E-state index is -1.06. The first-order valence-electron chi connectivity index (χ1n) is 9.16. The lowest BCUT2D eigenvalue weighted by Crippen LogP contribution is -2.51. The predicted molar refractivity (Wildman–Crippen MR) is 102 cm³/mol. The highest BCUT2D eigenvalue weighted by molar-refractivity contribution is 6.07. The number of imide groups is 1. The van der Waals surface area contributed by atoms with Gasteiger partial charge in [0, 0.05) is 0 Å². The third-order valence-electron chi connectivity index (χ3n) is 4.79. The number of hydrogen-bond donors (Lipinski definition) is 3. The number of nitrogens with one attached hydrogen (secondary N) is 3. The number of rotatable bonds is 8. The molecule has 8 heteroatoms. The van der Waals surface area contributed by atoms with Crippen LogP contribution in [-0.4, -0.2) is 34.9 Å². The monoisotopic (exact) mass is 384 g/mol. The molecule has 28 heavy (non-hydrogen) atoms. The lowest BCUT2D eigenvalue weighted by Gasteiger charge is -2.21. The maximum Gasteiger partial charge on any atom is 0.344 e. The van der Waals surface area contributed by atoms with Crippen LogP contribution < -0.4 is 16.1 Å². The average Bonchev–Trinajstić information content (AvgIpc) is 3.29. The zero-order valence-electron chi connectivity index (χ0n) is 15.9. The van der Waals surface area contributed by atoms with E-state index in [0.717, 1.165) is 10.6 Å². The number of carbonyl (C=O) groups excluding carboxylic acids is 3. The number of carbonyl (C=O) groups is 3. The molecule has 148 valence electrons. The summed E-state index contributed by atoms with van der Waals surface area (Å²) in [5.74, 6) is -0.272. The molecule has 2 atom stereocenters. The Hall–Kier alpha value is -3.13. The van der Waals surface area contributed by atoms with E-state index >= 15 is 0 Å². The van der Waals surface area contributed by atoms with Gasteiger partial charge in [-0.2, -0.15) is 5.01 Å². The van der Waals surface area contributed by atoms with Crippen LogP contribution in [0.15, 0.2) is 53.1 Å². The van der Waals surface area contributed by atoms with E-state index in [0.29, 0.717) is 18.6 Å². The molecule has 0 saturated carbocycles. The fraction of sp³-hybridized carbons (Fsp3) is 0.350. The minimum absolute atomic E-state index is 0.0698. The Morgan fingerprint density at radius 2 is 1.96 bits per heavy atom. The predicted octanol–water partition coefficient (Wildman–Crippen LogP) is 1.90. The van der Waals surface area contributed by atoms with Crippen molar-refractivity contribution in [3.05, 3.63) is 60.1 Å². The van der Waals surface area contributed by atoms with Crippen LogP contribution in [0, 0.1) is 0 Å². The second-order valence-electron chi connectivity index (χ2n) is 7.04. The van der Waals surface area contributed by atoms with E-state index in [9.17, 15) is 14.4 Å². The maximum absolute atomic E-state index is 12.7. The largest absolute Gasteiger partial charge is 0.468 e. The molecular formula is C20H24N4O4. The molecule has 2 heterocycles. The van der Waals surface area contributed by atoms with Crippen LogP contribution in [0.1, 0.15) is 37.6 Å². The van der Waals surface area contributed by atoms with Gasteiger partial charge in [-0.25, -0.2) is 4.79 Å². The summed E-state index contributed by atoms with van der Waals surface area (Å²) in [7, 11) is 0. The number of hydrazine groups is 1. The summed E-state index contributed by atoms with van der Waals surface area (Å²) in [6.45, 7) is 3.44. The Labute approximate surface area is 163 Å². The summed E-state index contributed by atoms with van der Waals surface area (Å²) in [5.41, 5.74) is 2.39. The average molecular weight is 384 g/mol. The summed E-state index contributed by atoms with van der Waals surface area (Å²) < 4.78 is 5.26. The number of urea groups is 1. The van der Waals surface area contributed by atoms with Gasteiger partial charge in [-0.3, -0.25) is 20.3 Å². The fourth-order valence-corrected chi connectivity index (χ4v) is 3.04. The molecular weight excluding hydrogens is 360 g/mol. The Morgan fingerprint density at radius 1 is 1.21 bits per heavy atom. The van der Waals surface area contributed by atoms with Crippen molar-refractivity contribution < 1.29 is 18.8 Å². The molecule has 8 nitrogen and oxygen atoms in total. The molecule has 1 aliphatic heterocycles. The molecule has 1 saturated heterocycles. The van der Waals surface area contributed by atoms with E-state index in [1.54, 1.807) is 25.3 Å². The first-order valence-corrected chi connectivity index (χ1v) is 9.16. The van der Waals surface area contributed by atoms with E-state index in [4.69, 9.17) is 4.42 Å². The van der Waals surface area contributed by atoms with Crippen molar-refractivity contribution in [1.82, 2.24) is 21.1 Å². The van der Waals surface area contributed by atoms with Crippen molar-refractivity contribution in [3.8, 4) is 0 Å². The van der Waals surface area contributed by atoms with Crippen molar-refractivity contribution in [2.75, 3.05) is 6.54 Å². The number of aryl methyl sites for hydroxylation is 1. The second-order valence-corrected chi connectivity index (χ2v) is 7.04. The number of furan rings is 1. The molecule has 0 radical (unpaired) electrons. The molecule has 0 aliphatic carbocycles. The van der Waals surface area contributed by atoms with E-state index in [1.165, 1.54) is 0 Å². The van der Waals surface area contributed by atoms with Crippen molar-refractivity contribution in [2.45, 2.75) is 38.3 Å². The number of benzene rings is 1. The third-order valence-corrected chi connectivity index (χ3v) is 4.79. The Morgan fingerprint density at radius 3 is 2.64 bits per heavy atom. The topological polar surface area (TPSA) is 104 Å². The Kier molecular flexibility index (Phi) is 5.79. The van der Waals surface area contributed by atoms with Crippen LogP contribution in [0.3, 0.4) is 0 Å². The normalized spacial score (nSPS) is 20.1. The van der Waals surface area contributed by atoms with Crippen molar-refractivity contribution in [2.24, 2.45) is 0 Å². The molecule has 3 N–H and O–H groups in total. The molecule has 3 rings (SSSR count). The SMILES string of the molecule is C[C@H](NCC(=O)NN1C(=O)N[C@](C)(CCc2ccccc2)C1=O)c1ccco1. The molecule has 1 aliphatic rings. The highest BCUT2D eigenvalue weighted by Gasteiger charge is 2.48. The number of amides is 4. The van der Waals surface area contributed by atoms with E-state index in [2.05, 4.69) is 16.1 Å². The molecule has 0 spiro atoms. The van der Waals surface area contributed by atoms with Crippen LogP contribution in [-0.2, 0) is 16.0 Å². The van der Waals surface area contributed by atoms with Gasteiger partial charge in [-0.15, -0.1) is 0 Å². The first-order chi connectivity index (χ1) is 13.4. The molecule has 1 aromatic heterocycles. The van der Waals surface area contributed by atoms with Crippen LogP contribution in [0.2, 0.25) is 0 Å². The van der Waals surface area contributed by atoms with Gasteiger partial charge in [0.25, 0.3) is 11.8 Å². The lowest BCUT2D eigenvalue weighted by molar-refractivity contribution is -0.138. The van der Waals surface area contributed by atoms with Gasteiger partial charge in [0.15, 0.2) is 0 Å². The standard InChI is InChI=1S/C20H24N4O4/c1-14(16-9-6-12-28-16)21-13-17(25)23-24-18(26)20(2,22-19(24)27)11-10-15-7-4-3-5-8-15/h3-9,12,14,21H,10-11,13H2,1-2H3,(H,22,27)(H,23,25)/t14-,20+/m0/s1. The number of hydrogen-bond acceptors (Lipinski definition) is 5. The zero-order chi connectivity index (χ0) is 20.1. The number of nitrogens with zero attached hydrogens (tertiary/aromatic N) is 1. The lowest BCUT2D eigenvalue weighted by atomic mass is 9.93. The van der Waals surface area contributed by atoms with E-state index in [1.807, 2.05) is 37.3 Å². The minimum Gasteiger partial charge on any atom is -0.468 e. The van der Waals surface area contributed by atoms with Gasteiger partial charge in [0.05, 0.1) is 18.8 Å². The fourth-order valence-electron chi connectivity index (χ4n) is 3.04. The summed E-state index contributed by atoms with van der Waals surface area (Å²) in [6, 6.07) is 12.5. The van der Waals surface area contributed by atoms with Gasteiger partial charge in [-0.05, 0) is 44.4 Å². The van der Waals surface area contributed by atoms with Gasteiger partial charge < -0.3 is 9.73 Å². The molecule has 0 bridgehead atoms. The molecule has 1 aromatic carbocycles. The molecule has 4 amide bonds. The van der Waals surface area contributed by atoms with Gasteiger partial charge in [-0.1, -0.05) is 30.3 Å². The van der Waals surface area contributed by atoms with E-state index < -0.39 is 23.4 Å². The van der Waals surface area contributed by atoms with Crippen LogP contribution in [0.5, 0.6) is 0 Å². The highest BCUT2D eigenvalue weighted by Crippen LogP contribution is 2.22. The Balaban J connectivity index is 1.53. The quantitative estimate of drug-likeness (QED) is 0.603. The van der Waals surface area contributed by atoms with Gasteiger partial charge >= 0.3 is 6.03 Å². The van der Waals surface area contributed by atoms with Crippen LogP contribution in [0.4, 0.5) is 4.79 Å². The summed E-state index contributed by atoms with van der Waals surface area (Å²) >= 11 is 0. The van der Waals surface area contributed by atoms with Crippen molar-refractivity contribution in [1.29, 1.82) is 0 Å². The third kappa shape index (κ3) is 4.40. The smallest absolute Gasteiger partial charge is 0.344 e. The summed E-state index contributed by atoms with van der Waals surface area (Å²) in [4.78, 5) is 37.1. The zero-order valence-corrected chi connectivity index (χ0v) is 15.9. The second kappa shape index (κ2) is 8.26. The Bertz CT molecular complexity index is 837. The summed E-state index contributed by atoms with van der Waals surface area (Å²) in [5, 5.41) is 6.42. The van der Waals surface area contributed by atoms with Gasteiger partial charge in [0.1, 0.15) is 11.3 Å². The van der Waals surface area contributed by atoms with Gasteiger partial charge in [0.2, 0.25) is 0 Å². The van der Waals surface area contributed by atoms with Crippen LogP contribution >= 0.6 is 0 Å². The van der Waals surface area contributed by atoms with Crippen molar-refractivity contribution >= 4 is 17.8 Å². The van der Waals surface area contributed by atoms with E-state index in [-0.39, 0.29) is 12.6 Å². The molecule has 1 fully saturated rings. The highest BCUT2D eigenvalue weighted by atomic mass is 16.3. The summed E-state index contributed by atoms with van der Waals surface area (Å²) in [6.07, 6.45) is 2.62. The van der Waals surface area contributed by atoms with Crippen LogP contribution in [0.25, 0.3) is 0 Å².